The second-order valence-corrected chi connectivity index (χ2v) is 4.43. The quantitative estimate of drug-likeness (QED) is 0.840. The highest BCUT2D eigenvalue weighted by Crippen LogP contribution is 2.18. The Hall–Kier alpha value is -2.76. The first-order valence-electron chi connectivity index (χ1n) is 6.38. The Labute approximate surface area is 122 Å². The van der Waals surface area contributed by atoms with Gasteiger partial charge < -0.3 is 10.2 Å². The molecule has 0 saturated heterocycles. The zero-order valence-corrected chi connectivity index (χ0v) is 11.9. The van der Waals surface area contributed by atoms with Crippen LogP contribution in [0.3, 0.4) is 0 Å². The minimum Gasteiger partial charge on any atom is -0.505 e. The maximum absolute atomic E-state index is 9.77. The molecule has 0 atom stereocenters. The molecule has 2 heterocycles. The summed E-state index contributed by atoms with van der Waals surface area (Å²) >= 11 is 0. The van der Waals surface area contributed by atoms with Crippen molar-refractivity contribution in [2.45, 2.75) is 13.8 Å². The number of aromatic nitrogens is 2. The van der Waals surface area contributed by atoms with Gasteiger partial charge >= 0.3 is 0 Å². The Morgan fingerprint density at radius 2 is 1.33 bits per heavy atom. The summed E-state index contributed by atoms with van der Waals surface area (Å²) in [5, 5.41) is 19.5. The fourth-order valence-corrected chi connectivity index (χ4v) is 1.69. The second kappa shape index (κ2) is 6.60. The van der Waals surface area contributed by atoms with Gasteiger partial charge in [-0.15, -0.1) is 0 Å². The SMILES string of the molecule is Cc1nccc(/C=N\C/N=C\c2ccnc(C)c2O)c1O. The Morgan fingerprint density at radius 3 is 1.76 bits per heavy atom. The predicted molar refractivity (Wildman–Crippen MR) is 81.3 cm³/mol. The van der Waals surface area contributed by atoms with Crippen LogP contribution in [0.1, 0.15) is 22.5 Å². The largest absolute Gasteiger partial charge is 0.505 e. The molecule has 0 spiro atoms. The van der Waals surface area contributed by atoms with Gasteiger partial charge in [-0.2, -0.15) is 0 Å². The zero-order chi connectivity index (χ0) is 15.2. The van der Waals surface area contributed by atoms with Crippen LogP contribution in [0.15, 0.2) is 34.5 Å². The lowest BCUT2D eigenvalue weighted by Gasteiger charge is -2.01. The second-order valence-electron chi connectivity index (χ2n) is 4.43. The van der Waals surface area contributed by atoms with Crippen LogP contribution in [0.5, 0.6) is 11.5 Å². The molecular formula is C15H16N4O2. The highest BCUT2D eigenvalue weighted by Gasteiger charge is 2.02. The van der Waals surface area contributed by atoms with Gasteiger partial charge in [-0.3, -0.25) is 20.0 Å². The number of hydrogen-bond donors (Lipinski definition) is 2. The van der Waals surface area contributed by atoms with Crippen LogP contribution < -0.4 is 0 Å². The van der Waals surface area contributed by atoms with Gasteiger partial charge in [0.25, 0.3) is 0 Å². The first-order chi connectivity index (χ1) is 10.1. The number of aromatic hydroxyl groups is 2. The number of aryl methyl sites for hydroxylation is 2. The fraction of sp³-hybridized carbons (Fsp3) is 0.200. The van der Waals surface area contributed by atoms with Gasteiger partial charge in [0.15, 0.2) is 0 Å². The molecule has 21 heavy (non-hydrogen) atoms. The molecule has 0 unspecified atom stereocenters. The highest BCUT2D eigenvalue weighted by atomic mass is 16.3. The molecule has 0 saturated carbocycles. The van der Waals surface area contributed by atoms with E-state index in [-0.39, 0.29) is 18.2 Å². The van der Waals surface area contributed by atoms with Crippen molar-refractivity contribution < 1.29 is 10.2 Å². The van der Waals surface area contributed by atoms with Gasteiger partial charge in [0.05, 0.1) is 11.4 Å². The molecule has 0 fully saturated rings. The van der Waals surface area contributed by atoms with Crippen LogP contribution in [0, 0.1) is 13.8 Å². The van der Waals surface area contributed by atoms with Crippen molar-refractivity contribution in [3.63, 3.8) is 0 Å². The minimum atomic E-state index is 0.118. The maximum Gasteiger partial charge on any atom is 0.145 e. The van der Waals surface area contributed by atoms with E-state index in [1.165, 1.54) is 0 Å². The Kier molecular flexibility index (Phi) is 4.61. The van der Waals surface area contributed by atoms with E-state index in [1.54, 1.807) is 50.8 Å². The summed E-state index contributed by atoms with van der Waals surface area (Å²) < 4.78 is 0. The summed E-state index contributed by atoms with van der Waals surface area (Å²) in [4.78, 5) is 16.1. The minimum absolute atomic E-state index is 0.118. The molecule has 0 radical (unpaired) electrons. The number of rotatable bonds is 4. The van der Waals surface area contributed by atoms with Crippen LogP contribution in [-0.4, -0.2) is 39.3 Å². The molecular weight excluding hydrogens is 268 g/mol. The van der Waals surface area contributed by atoms with Crippen molar-refractivity contribution >= 4 is 12.4 Å². The molecule has 6 heteroatoms. The standard InChI is InChI=1S/C15H16N4O2/c1-10-14(20)12(3-5-18-10)7-16-9-17-8-13-4-6-19-11(2)15(13)21/h3-8,20-21H,9H2,1-2H3/b16-7-,17-8-. The first-order valence-corrected chi connectivity index (χ1v) is 6.38. The van der Waals surface area contributed by atoms with Crippen molar-refractivity contribution in [1.82, 2.24) is 9.97 Å². The number of pyridine rings is 2. The zero-order valence-electron chi connectivity index (χ0n) is 11.9. The molecule has 0 aliphatic heterocycles. The topological polar surface area (TPSA) is 91.0 Å². The average molecular weight is 284 g/mol. The van der Waals surface area contributed by atoms with E-state index in [2.05, 4.69) is 20.0 Å². The average Bonchev–Trinajstić information content (AvgIpc) is 2.47. The van der Waals surface area contributed by atoms with E-state index in [9.17, 15) is 10.2 Å². The Balaban J connectivity index is 2.01. The molecule has 0 aliphatic carbocycles. The van der Waals surface area contributed by atoms with Crippen LogP contribution in [0.25, 0.3) is 0 Å². The summed E-state index contributed by atoms with van der Waals surface area (Å²) in [5.74, 6) is 0.236. The third-order valence-corrected chi connectivity index (χ3v) is 2.90. The van der Waals surface area contributed by atoms with Crippen LogP contribution >= 0.6 is 0 Å². The molecule has 108 valence electrons. The monoisotopic (exact) mass is 284 g/mol. The molecule has 0 amide bonds. The lowest BCUT2D eigenvalue weighted by Crippen LogP contribution is -1.90. The van der Waals surface area contributed by atoms with Crippen molar-refractivity contribution in [2.75, 3.05) is 6.67 Å². The molecule has 2 N–H and O–H groups in total. The fourth-order valence-electron chi connectivity index (χ4n) is 1.69. The molecule has 2 aromatic heterocycles. The van der Waals surface area contributed by atoms with E-state index in [1.807, 2.05) is 0 Å². The van der Waals surface area contributed by atoms with Gasteiger partial charge in [-0.1, -0.05) is 0 Å². The van der Waals surface area contributed by atoms with Crippen molar-refractivity contribution in [2.24, 2.45) is 9.98 Å². The van der Waals surface area contributed by atoms with E-state index < -0.39 is 0 Å². The van der Waals surface area contributed by atoms with Gasteiger partial charge in [0.1, 0.15) is 18.2 Å². The molecule has 0 aromatic carbocycles. The van der Waals surface area contributed by atoms with Crippen LogP contribution in [0.2, 0.25) is 0 Å². The third kappa shape index (κ3) is 3.62. The number of nitrogens with zero attached hydrogens (tertiary/aromatic N) is 4. The third-order valence-electron chi connectivity index (χ3n) is 2.90. The van der Waals surface area contributed by atoms with E-state index in [0.29, 0.717) is 22.5 Å². The van der Waals surface area contributed by atoms with E-state index in [0.717, 1.165) is 0 Å². The summed E-state index contributed by atoms with van der Waals surface area (Å²) in [6, 6.07) is 3.35. The number of hydrogen-bond acceptors (Lipinski definition) is 6. The predicted octanol–water partition coefficient (Wildman–Crippen LogP) is 2.00. The lowest BCUT2D eigenvalue weighted by atomic mass is 10.2. The van der Waals surface area contributed by atoms with Crippen molar-refractivity contribution in [3.05, 3.63) is 47.0 Å². The van der Waals surface area contributed by atoms with Crippen LogP contribution in [0.4, 0.5) is 0 Å². The lowest BCUT2D eigenvalue weighted by molar-refractivity contribution is 0.466. The van der Waals surface area contributed by atoms with Gasteiger partial charge in [0, 0.05) is 35.9 Å². The highest BCUT2D eigenvalue weighted by molar-refractivity contribution is 5.84. The Morgan fingerprint density at radius 1 is 0.905 bits per heavy atom. The Bertz CT molecular complexity index is 637. The van der Waals surface area contributed by atoms with Crippen LogP contribution in [-0.2, 0) is 0 Å². The normalized spacial score (nSPS) is 11.5. The van der Waals surface area contributed by atoms with Crippen molar-refractivity contribution in [3.8, 4) is 11.5 Å². The van der Waals surface area contributed by atoms with Gasteiger partial charge in [-0.25, -0.2) is 0 Å². The first kappa shape index (κ1) is 14.6. The molecule has 6 nitrogen and oxygen atoms in total. The molecule has 0 aliphatic rings. The summed E-state index contributed by atoms with van der Waals surface area (Å²) in [6.07, 6.45) is 6.30. The number of aliphatic imine (C=N–C) groups is 2. The molecule has 2 rings (SSSR count). The van der Waals surface area contributed by atoms with Gasteiger partial charge in [0.2, 0.25) is 0 Å². The van der Waals surface area contributed by atoms with E-state index in [4.69, 9.17) is 0 Å². The maximum atomic E-state index is 9.77. The molecule has 0 bridgehead atoms. The van der Waals surface area contributed by atoms with E-state index >= 15 is 0 Å². The van der Waals surface area contributed by atoms with Crippen molar-refractivity contribution in [1.29, 1.82) is 0 Å². The smallest absolute Gasteiger partial charge is 0.145 e. The molecule has 2 aromatic rings. The van der Waals surface area contributed by atoms with Gasteiger partial charge in [-0.05, 0) is 26.0 Å². The summed E-state index contributed by atoms with van der Waals surface area (Å²) in [5.41, 5.74) is 2.31. The summed E-state index contributed by atoms with van der Waals surface area (Å²) in [6.45, 7) is 3.64. The summed E-state index contributed by atoms with van der Waals surface area (Å²) in [7, 11) is 0.